The van der Waals surface area contributed by atoms with E-state index < -0.39 is 0 Å². The van der Waals surface area contributed by atoms with Crippen molar-refractivity contribution >= 4 is 10.9 Å². The molecule has 1 N–H and O–H groups in total. The van der Waals surface area contributed by atoms with Gasteiger partial charge in [0.2, 0.25) is 0 Å². The molecule has 0 fully saturated rings. The van der Waals surface area contributed by atoms with Crippen LogP contribution in [0.2, 0.25) is 0 Å². The lowest BCUT2D eigenvalue weighted by Gasteiger charge is -2.06. The Morgan fingerprint density at radius 1 is 0.913 bits per heavy atom. The Morgan fingerprint density at radius 3 is 2.48 bits per heavy atom. The molecule has 0 saturated carbocycles. The Labute approximate surface area is 133 Å². The molecule has 4 aromatic rings. The maximum atomic E-state index is 9.25. The van der Waals surface area contributed by atoms with Crippen LogP contribution in [-0.4, -0.2) is 14.9 Å². The highest BCUT2D eigenvalue weighted by Crippen LogP contribution is 2.30. The van der Waals surface area contributed by atoms with E-state index >= 15 is 0 Å². The summed E-state index contributed by atoms with van der Waals surface area (Å²) in [7, 11) is 0. The number of fused-ring (bicyclic) bond motifs is 1. The van der Waals surface area contributed by atoms with Crippen molar-refractivity contribution in [2.24, 2.45) is 0 Å². The highest BCUT2D eigenvalue weighted by atomic mass is 16.4. The molecule has 2 aromatic carbocycles. The van der Waals surface area contributed by atoms with Crippen LogP contribution in [0.25, 0.3) is 22.4 Å². The van der Waals surface area contributed by atoms with E-state index in [1.807, 2.05) is 53.2 Å². The van der Waals surface area contributed by atoms with Crippen molar-refractivity contribution < 1.29 is 9.52 Å². The van der Waals surface area contributed by atoms with Gasteiger partial charge in [0.15, 0.2) is 5.76 Å². The molecule has 2 aromatic heterocycles. The molecule has 0 atom stereocenters. The lowest BCUT2D eigenvalue weighted by atomic mass is 10.1. The zero-order chi connectivity index (χ0) is 15.6. The van der Waals surface area contributed by atoms with Gasteiger partial charge >= 0.3 is 0 Å². The van der Waals surface area contributed by atoms with E-state index in [-0.39, 0.29) is 6.61 Å². The van der Waals surface area contributed by atoms with Crippen LogP contribution in [0.15, 0.2) is 71.1 Å². The summed E-state index contributed by atoms with van der Waals surface area (Å²) >= 11 is 0. The third-order valence-corrected chi connectivity index (χ3v) is 3.87. The molecule has 23 heavy (non-hydrogen) atoms. The molecule has 0 bridgehead atoms. The Bertz CT molecular complexity index is 938. The van der Waals surface area contributed by atoms with E-state index in [1.165, 1.54) is 5.56 Å². The average molecular weight is 304 g/mol. The first-order valence-corrected chi connectivity index (χ1v) is 7.54. The minimum absolute atomic E-state index is 0.106. The van der Waals surface area contributed by atoms with Gasteiger partial charge in [-0.25, -0.2) is 0 Å². The average Bonchev–Trinajstić information content (AvgIpc) is 3.19. The van der Waals surface area contributed by atoms with Crippen LogP contribution in [0, 0.1) is 0 Å². The first-order chi connectivity index (χ1) is 11.3. The summed E-state index contributed by atoms with van der Waals surface area (Å²) in [6, 6.07) is 21.9. The lowest BCUT2D eigenvalue weighted by molar-refractivity contribution is 0.248. The lowest BCUT2D eigenvalue weighted by Crippen LogP contribution is -2.03. The standard InChI is InChI=1S/C19H16N2O2/c22-13-15-10-11-18(23-15)19-16-8-4-5-9-17(16)20-21(19)12-14-6-2-1-3-7-14/h1-11,22H,12-13H2. The molecule has 4 rings (SSSR count). The molecule has 0 radical (unpaired) electrons. The number of aromatic nitrogens is 2. The Hall–Kier alpha value is -2.85. The van der Waals surface area contributed by atoms with E-state index in [9.17, 15) is 5.11 Å². The topological polar surface area (TPSA) is 51.2 Å². The number of aliphatic hydroxyl groups is 1. The molecule has 2 heterocycles. The maximum Gasteiger partial charge on any atom is 0.153 e. The molecule has 0 aliphatic carbocycles. The van der Waals surface area contributed by atoms with Gasteiger partial charge < -0.3 is 9.52 Å². The van der Waals surface area contributed by atoms with Gasteiger partial charge in [-0.2, -0.15) is 5.10 Å². The first kappa shape index (κ1) is 13.8. The van der Waals surface area contributed by atoms with E-state index in [1.54, 1.807) is 6.07 Å². The minimum atomic E-state index is -0.106. The summed E-state index contributed by atoms with van der Waals surface area (Å²) in [6.45, 7) is 0.560. The normalized spacial score (nSPS) is 11.2. The Balaban J connectivity index is 1.87. The van der Waals surface area contributed by atoms with E-state index in [0.29, 0.717) is 12.3 Å². The fraction of sp³-hybridized carbons (Fsp3) is 0.105. The predicted molar refractivity (Wildman–Crippen MR) is 88.9 cm³/mol. The van der Waals surface area contributed by atoms with Gasteiger partial charge in [-0.3, -0.25) is 4.68 Å². The van der Waals surface area contributed by atoms with Gasteiger partial charge in [0.05, 0.1) is 12.1 Å². The summed E-state index contributed by atoms with van der Waals surface area (Å²) in [4.78, 5) is 0. The van der Waals surface area contributed by atoms with Gasteiger partial charge in [-0.15, -0.1) is 0 Å². The maximum absolute atomic E-state index is 9.25. The molecule has 4 heteroatoms. The fourth-order valence-corrected chi connectivity index (χ4v) is 2.80. The monoisotopic (exact) mass is 304 g/mol. The minimum Gasteiger partial charge on any atom is -0.457 e. The van der Waals surface area contributed by atoms with E-state index in [0.717, 1.165) is 22.4 Å². The second kappa shape index (κ2) is 5.74. The molecule has 114 valence electrons. The highest BCUT2D eigenvalue weighted by molar-refractivity contribution is 5.92. The van der Waals surface area contributed by atoms with Crippen LogP contribution >= 0.6 is 0 Å². The van der Waals surface area contributed by atoms with Gasteiger partial charge in [0.25, 0.3) is 0 Å². The molecule has 0 unspecified atom stereocenters. The van der Waals surface area contributed by atoms with Crippen molar-refractivity contribution in [3.8, 4) is 11.5 Å². The molecule has 0 aliphatic rings. The highest BCUT2D eigenvalue weighted by Gasteiger charge is 2.16. The molecule has 0 aliphatic heterocycles. The number of aliphatic hydroxyl groups excluding tert-OH is 1. The third kappa shape index (κ3) is 2.53. The van der Waals surface area contributed by atoms with Crippen LogP contribution in [0.3, 0.4) is 0 Å². The van der Waals surface area contributed by atoms with Crippen LogP contribution in [0.1, 0.15) is 11.3 Å². The number of hydrogen-bond donors (Lipinski definition) is 1. The summed E-state index contributed by atoms with van der Waals surface area (Å²) in [5.41, 5.74) is 3.04. The quantitative estimate of drug-likeness (QED) is 0.623. The number of nitrogens with zero attached hydrogens (tertiary/aromatic N) is 2. The molecule has 0 saturated heterocycles. The molecule has 0 amide bonds. The summed E-state index contributed by atoms with van der Waals surface area (Å²) in [5, 5.41) is 15.0. The largest absolute Gasteiger partial charge is 0.457 e. The van der Waals surface area contributed by atoms with Crippen molar-refractivity contribution in [3.63, 3.8) is 0 Å². The van der Waals surface area contributed by atoms with Gasteiger partial charge in [0, 0.05) is 5.39 Å². The fourth-order valence-electron chi connectivity index (χ4n) is 2.80. The van der Waals surface area contributed by atoms with Crippen molar-refractivity contribution in [1.29, 1.82) is 0 Å². The van der Waals surface area contributed by atoms with Crippen LogP contribution in [0.4, 0.5) is 0 Å². The number of benzene rings is 2. The number of rotatable bonds is 4. The van der Waals surface area contributed by atoms with Gasteiger partial charge in [0.1, 0.15) is 18.1 Å². The predicted octanol–water partition coefficient (Wildman–Crippen LogP) is 3.84. The van der Waals surface area contributed by atoms with Crippen molar-refractivity contribution in [2.75, 3.05) is 0 Å². The van der Waals surface area contributed by atoms with Crippen LogP contribution in [-0.2, 0) is 13.2 Å². The molecule has 4 nitrogen and oxygen atoms in total. The molecule has 0 spiro atoms. The van der Waals surface area contributed by atoms with Crippen molar-refractivity contribution in [1.82, 2.24) is 9.78 Å². The zero-order valence-electron chi connectivity index (χ0n) is 12.5. The van der Waals surface area contributed by atoms with E-state index in [2.05, 4.69) is 12.1 Å². The third-order valence-electron chi connectivity index (χ3n) is 3.87. The van der Waals surface area contributed by atoms with Crippen LogP contribution in [0.5, 0.6) is 0 Å². The zero-order valence-corrected chi connectivity index (χ0v) is 12.5. The molecular formula is C19H16N2O2. The van der Waals surface area contributed by atoms with Crippen LogP contribution < -0.4 is 0 Å². The summed E-state index contributed by atoms with van der Waals surface area (Å²) < 4.78 is 7.71. The number of furan rings is 1. The van der Waals surface area contributed by atoms with Crippen molar-refractivity contribution in [2.45, 2.75) is 13.2 Å². The summed E-state index contributed by atoms with van der Waals surface area (Å²) in [6.07, 6.45) is 0. The number of hydrogen-bond acceptors (Lipinski definition) is 3. The second-order valence-corrected chi connectivity index (χ2v) is 5.43. The Kier molecular flexibility index (Phi) is 3.44. The summed E-state index contributed by atoms with van der Waals surface area (Å²) in [5.74, 6) is 1.27. The molecular weight excluding hydrogens is 288 g/mol. The van der Waals surface area contributed by atoms with Gasteiger partial charge in [-0.1, -0.05) is 48.5 Å². The van der Waals surface area contributed by atoms with Gasteiger partial charge in [-0.05, 0) is 23.8 Å². The van der Waals surface area contributed by atoms with Crippen molar-refractivity contribution in [3.05, 3.63) is 78.1 Å². The van der Waals surface area contributed by atoms with E-state index in [4.69, 9.17) is 9.52 Å². The second-order valence-electron chi connectivity index (χ2n) is 5.43. The smallest absolute Gasteiger partial charge is 0.153 e. The Morgan fingerprint density at radius 2 is 1.70 bits per heavy atom. The SMILES string of the molecule is OCc1ccc(-c2c3ccccc3nn2Cc2ccccc2)o1. The first-order valence-electron chi connectivity index (χ1n) is 7.54.